The normalized spacial score (nSPS) is 16.4. The van der Waals surface area contributed by atoms with Gasteiger partial charge in [0.05, 0.1) is 12.2 Å². The molecule has 0 aliphatic carbocycles. The Morgan fingerprint density at radius 2 is 2.17 bits per heavy atom. The van der Waals surface area contributed by atoms with Gasteiger partial charge >= 0.3 is 5.97 Å². The van der Waals surface area contributed by atoms with Crippen molar-refractivity contribution in [2.75, 3.05) is 25.6 Å². The van der Waals surface area contributed by atoms with Crippen LogP contribution < -0.4 is 5.73 Å². The molecule has 0 atom stereocenters. The van der Waals surface area contributed by atoms with Gasteiger partial charge in [-0.3, -0.25) is 0 Å². The lowest BCUT2D eigenvalue weighted by Crippen LogP contribution is -2.22. The fourth-order valence-corrected chi connectivity index (χ4v) is 1.91. The molecule has 18 heavy (non-hydrogen) atoms. The third-order valence-electron chi connectivity index (χ3n) is 3.05. The van der Waals surface area contributed by atoms with Gasteiger partial charge < -0.3 is 20.3 Å². The van der Waals surface area contributed by atoms with Crippen LogP contribution in [0.5, 0.6) is 5.75 Å². The lowest BCUT2D eigenvalue weighted by Gasteiger charge is -2.21. The number of phenols is 1. The number of nitrogens with two attached hydrogens (primary N) is 1. The van der Waals surface area contributed by atoms with Crippen LogP contribution in [0.15, 0.2) is 18.2 Å². The standard InChI is InChI=1S/C13H17NO4/c14-12-2-1-10(15)7-11(12)13(16)18-8-9-3-5-17-6-4-9/h1-2,7,9,15H,3-6,8,14H2. The Morgan fingerprint density at radius 3 is 2.89 bits per heavy atom. The summed E-state index contributed by atoms with van der Waals surface area (Å²) in [7, 11) is 0. The highest BCUT2D eigenvalue weighted by Crippen LogP contribution is 2.21. The Balaban J connectivity index is 1.92. The van der Waals surface area contributed by atoms with E-state index in [4.69, 9.17) is 15.2 Å². The number of carbonyl (C=O) groups excluding carboxylic acids is 1. The first kappa shape index (κ1) is 12.7. The Kier molecular flexibility index (Phi) is 4.04. The number of ether oxygens (including phenoxy) is 2. The highest BCUT2D eigenvalue weighted by molar-refractivity contribution is 5.95. The van der Waals surface area contributed by atoms with Gasteiger partial charge in [-0.1, -0.05) is 0 Å². The molecular weight excluding hydrogens is 234 g/mol. The van der Waals surface area contributed by atoms with E-state index in [-0.39, 0.29) is 11.3 Å². The molecule has 0 bridgehead atoms. The molecule has 1 aromatic rings. The van der Waals surface area contributed by atoms with Crippen LogP contribution >= 0.6 is 0 Å². The third-order valence-corrected chi connectivity index (χ3v) is 3.05. The van der Waals surface area contributed by atoms with Crippen LogP contribution in [0.1, 0.15) is 23.2 Å². The number of hydrogen-bond acceptors (Lipinski definition) is 5. The molecule has 3 N–H and O–H groups in total. The Bertz CT molecular complexity index is 427. The molecule has 2 rings (SSSR count). The van der Waals surface area contributed by atoms with Crippen molar-refractivity contribution in [2.24, 2.45) is 5.92 Å². The SMILES string of the molecule is Nc1ccc(O)cc1C(=O)OCC1CCOCC1. The number of anilines is 1. The molecule has 1 aliphatic rings. The zero-order valence-electron chi connectivity index (χ0n) is 10.1. The second-order valence-electron chi connectivity index (χ2n) is 4.43. The van der Waals surface area contributed by atoms with E-state index in [1.165, 1.54) is 18.2 Å². The summed E-state index contributed by atoms with van der Waals surface area (Å²) in [5.41, 5.74) is 6.19. The molecule has 0 spiro atoms. The molecule has 5 heteroatoms. The fraction of sp³-hybridized carbons (Fsp3) is 0.462. The van der Waals surface area contributed by atoms with Gasteiger partial charge in [-0.25, -0.2) is 4.79 Å². The minimum atomic E-state index is -0.491. The van der Waals surface area contributed by atoms with E-state index >= 15 is 0 Å². The molecule has 1 saturated heterocycles. The number of nitrogen functional groups attached to an aromatic ring is 1. The van der Waals surface area contributed by atoms with E-state index < -0.39 is 5.97 Å². The van der Waals surface area contributed by atoms with Crippen LogP contribution in [-0.2, 0) is 9.47 Å². The van der Waals surface area contributed by atoms with Gasteiger partial charge in [0.15, 0.2) is 0 Å². The maximum Gasteiger partial charge on any atom is 0.340 e. The van der Waals surface area contributed by atoms with Gasteiger partial charge in [-0.15, -0.1) is 0 Å². The fourth-order valence-electron chi connectivity index (χ4n) is 1.91. The summed E-state index contributed by atoms with van der Waals surface area (Å²) in [6, 6.07) is 4.24. The van der Waals surface area contributed by atoms with Gasteiger partial charge in [-0.05, 0) is 37.0 Å². The molecule has 5 nitrogen and oxygen atoms in total. The topological polar surface area (TPSA) is 81.8 Å². The summed E-state index contributed by atoms with van der Waals surface area (Å²) in [5.74, 6) is -0.140. The monoisotopic (exact) mass is 251 g/mol. The summed E-state index contributed by atoms with van der Waals surface area (Å²) >= 11 is 0. The zero-order valence-corrected chi connectivity index (χ0v) is 10.1. The van der Waals surface area contributed by atoms with Crippen molar-refractivity contribution in [3.8, 4) is 5.75 Å². The third kappa shape index (κ3) is 3.13. The van der Waals surface area contributed by atoms with Crippen molar-refractivity contribution >= 4 is 11.7 Å². The van der Waals surface area contributed by atoms with Crippen LogP contribution in [-0.4, -0.2) is 30.9 Å². The van der Waals surface area contributed by atoms with Crippen LogP contribution in [0.3, 0.4) is 0 Å². The second kappa shape index (κ2) is 5.73. The maximum absolute atomic E-state index is 11.8. The molecule has 0 unspecified atom stereocenters. The number of aromatic hydroxyl groups is 1. The van der Waals surface area contributed by atoms with Gasteiger partial charge in [0.1, 0.15) is 5.75 Å². The summed E-state index contributed by atoms with van der Waals surface area (Å²) < 4.78 is 10.5. The van der Waals surface area contributed by atoms with Crippen LogP contribution in [0.2, 0.25) is 0 Å². The minimum absolute atomic E-state index is 0.00205. The molecule has 1 heterocycles. The van der Waals surface area contributed by atoms with E-state index in [9.17, 15) is 9.90 Å². The molecule has 1 fully saturated rings. The lowest BCUT2D eigenvalue weighted by molar-refractivity contribution is 0.0186. The van der Waals surface area contributed by atoms with Crippen LogP contribution in [0.25, 0.3) is 0 Å². The minimum Gasteiger partial charge on any atom is -0.508 e. The molecule has 1 aromatic carbocycles. The van der Waals surface area contributed by atoms with Gasteiger partial charge in [0.25, 0.3) is 0 Å². The number of rotatable bonds is 3. The van der Waals surface area contributed by atoms with Gasteiger partial charge in [-0.2, -0.15) is 0 Å². The molecular formula is C13H17NO4. The number of benzene rings is 1. The number of carbonyl (C=O) groups is 1. The van der Waals surface area contributed by atoms with Gasteiger partial charge in [0.2, 0.25) is 0 Å². The number of esters is 1. The average molecular weight is 251 g/mol. The van der Waals surface area contributed by atoms with Crippen molar-refractivity contribution in [2.45, 2.75) is 12.8 Å². The first-order valence-corrected chi connectivity index (χ1v) is 6.00. The summed E-state index contributed by atoms with van der Waals surface area (Å²) in [6.07, 6.45) is 1.81. The molecule has 0 amide bonds. The predicted molar refractivity (Wildman–Crippen MR) is 66.3 cm³/mol. The van der Waals surface area contributed by atoms with E-state index in [0.717, 1.165) is 26.1 Å². The molecule has 1 aliphatic heterocycles. The molecule has 0 aromatic heterocycles. The predicted octanol–water partition coefficient (Wildman–Crippen LogP) is 1.56. The Labute approximate surface area is 106 Å². The van der Waals surface area contributed by atoms with Crippen LogP contribution in [0.4, 0.5) is 5.69 Å². The Hall–Kier alpha value is -1.75. The average Bonchev–Trinajstić information content (AvgIpc) is 2.40. The van der Waals surface area contributed by atoms with Crippen molar-refractivity contribution in [1.29, 1.82) is 0 Å². The van der Waals surface area contributed by atoms with Crippen molar-refractivity contribution < 1.29 is 19.4 Å². The summed E-state index contributed by atoms with van der Waals surface area (Å²) in [4.78, 5) is 11.8. The number of phenolic OH excluding ortho intramolecular Hbond substituents is 1. The second-order valence-corrected chi connectivity index (χ2v) is 4.43. The largest absolute Gasteiger partial charge is 0.508 e. The van der Waals surface area contributed by atoms with Crippen molar-refractivity contribution in [1.82, 2.24) is 0 Å². The lowest BCUT2D eigenvalue weighted by atomic mass is 10.0. The highest BCUT2D eigenvalue weighted by atomic mass is 16.5. The molecule has 0 saturated carbocycles. The first-order valence-electron chi connectivity index (χ1n) is 6.00. The van der Waals surface area contributed by atoms with Crippen molar-refractivity contribution in [3.05, 3.63) is 23.8 Å². The van der Waals surface area contributed by atoms with Crippen molar-refractivity contribution in [3.63, 3.8) is 0 Å². The quantitative estimate of drug-likeness (QED) is 0.484. The van der Waals surface area contributed by atoms with E-state index in [2.05, 4.69) is 0 Å². The summed E-state index contributed by atoms with van der Waals surface area (Å²) in [5, 5.41) is 9.32. The maximum atomic E-state index is 11.8. The molecule has 98 valence electrons. The zero-order chi connectivity index (χ0) is 13.0. The van der Waals surface area contributed by atoms with E-state index in [1.54, 1.807) is 0 Å². The van der Waals surface area contributed by atoms with E-state index in [1.807, 2.05) is 0 Å². The molecule has 0 radical (unpaired) electrons. The van der Waals surface area contributed by atoms with Gasteiger partial charge in [0, 0.05) is 18.9 Å². The number of hydrogen-bond donors (Lipinski definition) is 2. The van der Waals surface area contributed by atoms with Crippen LogP contribution in [0, 0.1) is 5.92 Å². The van der Waals surface area contributed by atoms with E-state index in [0.29, 0.717) is 18.2 Å². The first-order chi connectivity index (χ1) is 8.66. The smallest absolute Gasteiger partial charge is 0.340 e. The Morgan fingerprint density at radius 1 is 1.44 bits per heavy atom. The summed E-state index contributed by atoms with van der Waals surface area (Å²) in [6.45, 7) is 1.81. The highest BCUT2D eigenvalue weighted by Gasteiger charge is 2.18.